The predicted octanol–water partition coefficient (Wildman–Crippen LogP) is 3.57. The predicted molar refractivity (Wildman–Crippen MR) is 106 cm³/mol. The van der Waals surface area contributed by atoms with Crippen LogP contribution in [0.25, 0.3) is 0 Å². The summed E-state index contributed by atoms with van der Waals surface area (Å²) in [5, 5.41) is 0. The Morgan fingerprint density at radius 3 is 2.90 bits per heavy atom. The number of amides is 1. The van der Waals surface area contributed by atoms with Crippen molar-refractivity contribution in [2.45, 2.75) is 45.1 Å². The molecule has 0 unspecified atom stereocenters. The summed E-state index contributed by atoms with van der Waals surface area (Å²) >= 11 is 0. The molecule has 6 nitrogen and oxygen atoms in total. The third kappa shape index (κ3) is 4.55. The van der Waals surface area contributed by atoms with Gasteiger partial charge in [0.1, 0.15) is 23.9 Å². The molecule has 0 spiro atoms. The number of hydrogen-bond donors (Lipinski definition) is 0. The third-order valence-electron chi connectivity index (χ3n) is 5.41. The molecule has 0 N–H and O–H groups in total. The molecule has 3 heterocycles. The van der Waals surface area contributed by atoms with E-state index in [-0.39, 0.29) is 17.6 Å². The van der Waals surface area contributed by atoms with Gasteiger partial charge in [0.2, 0.25) is 5.91 Å². The first-order valence-corrected chi connectivity index (χ1v) is 10.1. The first-order valence-electron chi connectivity index (χ1n) is 10.1. The number of aryl methyl sites for hydroxylation is 1. The zero-order valence-electron chi connectivity index (χ0n) is 16.6. The molecule has 1 aliphatic rings. The van der Waals surface area contributed by atoms with Crippen molar-refractivity contribution >= 4 is 5.91 Å². The summed E-state index contributed by atoms with van der Waals surface area (Å²) in [6.07, 6.45) is 8.58. The SMILES string of the molecule is CCc1nccn1CC(=O)N1CCC[C@@H](c2ncc(Cc3ccc(F)cc3)o2)C1. The van der Waals surface area contributed by atoms with Crippen molar-refractivity contribution in [2.75, 3.05) is 13.1 Å². The quantitative estimate of drug-likeness (QED) is 0.639. The molecule has 1 atom stereocenters. The molecular weight excluding hydrogens is 371 g/mol. The average molecular weight is 396 g/mol. The van der Waals surface area contributed by atoms with Gasteiger partial charge in [-0.05, 0) is 30.5 Å². The number of oxazole rings is 1. The topological polar surface area (TPSA) is 64.2 Å². The summed E-state index contributed by atoms with van der Waals surface area (Å²) in [5.74, 6) is 2.30. The first-order chi connectivity index (χ1) is 14.1. The molecule has 0 saturated carbocycles. The van der Waals surface area contributed by atoms with Crippen molar-refractivity contribution in [1.29, 1.82) is 0 Å². The van der Waals surface area contributed by atoms with Gasteiger partial charge in [-0.2, -0.15) is 0 Å². The van der Waals surface area contributed by atoms with Crippen LogP contribution < -0.4 is 0 Å². The fourth-order valence-electron chi connectivity index (χ4n) is 3.85. The highest BCUT2D eigenvalue weighted by molar-refractivity contribution is 5.76. The normalized spacial score (nSPS) is 16.9. The molecule has 1 aliphatic heterocycles. The van der Waals surface area contributed by atoms with Crippen LogP contribution in [0.4, 0.5) is 4.39 Å². The maximum absolute atomic E-state index is 13.1. The second kappa shape index (κ2) is 8.59. The Bertz CT molecular complexity index is 963. The maximum Gasteiger partial charge on any atom is 0.242 e. The highest BCUT2D eigenvalue weighted by atomic mass is 19.1. The molecule has 0 radical (unpaired) electrons. The Labute approximate surface area is 169 Å². The largest absolute Gasteiger partial charge is 0.445 e. The van der Waals surface area contributed by atoms with Gasteiger partial charge < -0.3 is 13.9 Å². The van der Waals surface area contributed by atoms with Crippen molar-refractivity contribution in [3.63, 3.8) is 0 Å². The molecule has 0 aliphatic carbocycles. The van der Waals surface area contributed by atoms with E-state index in [1.54, 1.807) is 24.5 Å². The van der Waals surface area contributed by atoms with E-state index in [0.29, 0.717) is 25.4 Å². The van der Waals surface area contributed by atoms with Gasteiger partial charge in [-0.15, -0.1) is 0 Å². The number of carbonyl (C=O) groups is 1. The van der Waals surface area contributed by atoms with Gasteiger partial charge in [-0.3, -0.25) is 4.79 Å². The molecule has 29 heavy (non-hydrogen) atoms. The van der Waals surface area contributed by atoms with Gasteiger partial charge in [0.15, 0.2) is 5.89 Å². The van der Waals surface area contributed by atoms with Gasteiger partial charge in [-0.25, -0.2) is 14.4 Å². The second-order valence-corrected chi connectivity index (χ2v) is 7.47. The van der Waals surface area contributed by atoms with Crippen LogP contribution in [0, 0.1) is 5.82 Å². The number of hydrogen-bond acceptors (Lipinski definition) is 4. The van der Waals surface area contributed by atoms with Crippen molar-refractivity contribution in [3.05, 3.63) is 71.7 Å². The van der Waals surface area contributed by atoms with Gasteiger partial charge >= 0.3 is 0 Å². The molecule has 1 aromatic carbocycles. The van der Waals surface area contributed by atoms with Crippen LogP contribution in [-0.2, 0) is 24.2 Å². The van der Waals surface area contributed by atoms with E-state index in [1.807, 2.05) is 22.6 Å². The maximum atomic E-state index is 13.1. The number of benzene rings is 1. The molecule has 0 bridgehead atoms. The Kier molecular flexibility index (Phi) is 5.74. The number of piperidine rings is 1. The number of imidazole rings is 1. The van der Waals surface area contributed by atoms with Crippen molar-refractivity contribution in [1.82, 2.24) is 19.4 Å². The van der Waals surface area contributed by atoms with Gasteiger partial charge in [-0.1, -0.05) is 19.1 Å². The van der Waals surface area contributed by atoms with E-state index in [2.05, 4.69) is 9.97 Å². The highest BCUT2D eigenvalue weighted by Crippen LogP contribution is 2.27. The van der Waals surface area contributed by atoms with Crippen LogP contribution in [0.3, 0.4) is 0 Å². The van der Waals surface area contributed by atoms with Crippen LogP contribution in [0.15, 0.2) is 47.3 Å². The Morgan fingerprint density at radius 1 is 1.28 bits per heavy atom. The fourth-order valence-corrected chi connectivity index (χ4v) is 3.85. The summed E-state index contributed by atoms with van der Waals surface area (Å²) in [7, 11) is 0. The number of likely N-dealkylation sites (tertiary alicyclic amines) is 1. The lowest BCUT2D eigenvalue weighted by molar-refractivity contribution is -0.133. The van der Waals surface area contributed by atoms with E-state index in [1.165, 1.54) is 12.1 Å². The van der Waals surface area contributed by atoms with Gasteiger partial charge in [0.05, 0.1) is 12.1 Å². The van der Waals surface area contributed by atoms with E-state index < -0.39 is 0 Å². The first kappa shape index (κ1) is 19.4. The van der Waals surface area contributed by atoms with Crippen LogP contribution in [0.5, 0.6) is 0 Å². The van der Waals surface area contributed by atoms with Crippen molar-refractivity contribution in [3.8, 4) is 0 Å². The smallest absolute Gasteiger partial charge is 0.242 e. The Morgan fingerprint density at radius 2 is 2.10 bits per heavy atom. The number of aromatic nitrogens is 3. The zero-order chi connectivity index (χ0) is 20.2. The highest BCUT2D eigenvalue weighted by Gasteiger charge is 2.28. The number of nitrogens with zero attached hydrogens (tertiary/aromatic N) is 4. The Hall–Kier alpha value is -2.96. The fraction of sp³-hybridized carbons (Fsp3) is 0.409. The molecule has 3 aromatic rings. The monoisotopic (exact) mass is 396 g/mol. The average Bonchev–Trinajstić information content (AvgIpc) is 3.39. The molecule has 1 fully saturated rings. The summed E-state index contributed by atoms with van der Waals surface area (Å²) in [6.45, 7) is 3.73. The number of carbonyl (C=O) groups excluding carboxylic acids is 1. The number of halogens is 1. The molecule has 1 saturated heterocycles. The van der Waals surface area contributed by atoms with Gasteiger partial charge in [0.25, 0.3) is 0 Å². The summed E-state index contributed by atoms with van der Waals surface area (Å²) < 4.78 is 20.9. The molecule has 1 amide bonds. The molecule has 4 rings (SSSR count). The van der Waals surface area contributed by atoms with Crippen molar-refractivity contribution < 1.29 is 13.6 Å². The number of rotatable bonds is 6. The van der Waals surface area contributed by atoms with E-state index in [0.717, 1.165) is 43.0 Å². The van der Waals surface area contributed by atoms with Crippen molar-refractivity contribution in [2.24, 2.45) is 0 Å². The zero-order valence-corrected chi connectivity index (χ0v) is 16.6. The minimum absolute atomic E-state index is 0.0977. The summed E-state index contributed by atoms with van der Waals surface area (Å²) in [4.78, 5) is 23.4. The van der Waals surface area contributed by atoms with Crippen LogP contribution in [-0.4, -0.2) is 38.4 Å². The standard InChI is InChI=1S/C22H25FN4O2/c1-2-20-24-9-11-26(20)15-21(28)27-10-3-4-17(14-27)22-25-13-19(29-22)12-16-5-7-18(23)8-6-16/h5-9,11,13,17H,2-4,10,12,14-15H2,1H3/t17-/m1/s1. The lowest BCUT2D eigenvalue weighted by atomic mass is 9.98. The van der Waals surface area contributed by atoms with Crippen LogP contribution in [0.1, 0.15) is 48.7 Å². The lowest BCUT2D eigenvalue weighted by Gasteiger charge is -2.31. The summed E-state index contributed by atoms with van der Waals surface area (Å²) in [6, 6.07) is 6.39. The van der Waals surface area contributed by atoms with Gasteiger partial charge in [0, 0.05) is 38.3 Å². The summed E-state index contributed by atoms with van der Waals surface area (Å²) in [5.41, 5.74) is 0.974. The second-order valence-electron chi connectivity index (χ2n) is 7.47. The lowest BCUT2D eigenvalue weighted by Crippen LogP contribution is -2.41. The molecule has 7 heteroatoms. The molecular formula is C22H25FN4O2. The minimum Gasteiger partial charge on any atom is -0.445 e. The minimum atomic E-state index is -0.249. The Balaban J connectivity index is 1.38. The third-order valence-corrected chi connectivity index (χ3v) is 5.41. The van der Waals surface area contributed by atoms with Crippen LogP contribution in [0.2, 0.25) is 0 Å². The van der Waals surface area contributed by atoms with E-state index in [9.17, 15) is 9.18 Å². The van der Waals surface area contributed by atoms with E-state index >= 15 is 0 Å². The van der Waals surface area contributed by atoms with E-state index in [4.69, 9.17) is 4.42 Å². The van der Waals surface area contributed by atoms with Crippen LogP contribution >= 0.6 is 0 Å². The molecule has 152 valence electrons. The molecule has 2 aromatic heterocycles.